The molecule has 0 fully saturated rings. The lowest BCUT2D eigenvalue weighted by molar-refractivity contribution is 0.0193. The Labute approximate surface area is 99.8 Å². The van der Waals surface area contributed by atoms with Gasteiger partial charge in [-0.1, -0.05) is 0 Å². The van der Waals surface area contributed by atoms with Crippen LogP contribution in [0, 0.1) is 0 Å². The van der Waals surface area contributed by atoms with Gasteiger partial charge in [-0.25, -0.2) is 4.79 Å². The first-order valence-electron chi connectivity index (χ1n) is 5.58. The molecule has 1 aliphatic rings. The lowest BCUT2D eigenvalue weighted by Gasteiger charge is -2.30. The summed E-state index contributed by atoms with van der Waals surface area (Å²) in [5.74, 6) is 0.123. The first kappa shape index (κ1) is 11.8. The molecule has 0 bridgehead atoms. The molecule has 6 nitrogen and oxygen atoms in total. The molecule has 1 N–H and O–H groups in total. The highest BCUT2D eigenvalue weighted by Crippen LogP contribution is 2.22. The van der Waals surface area contributed by atoms with Crippen molar-refractivity contribution in [3.8, 4) is 5.75 Å². The van der Waals surface area contributed by atoms with Crippen molar-refractivity contribution >= 4 is 6.09 Å². The van der Waals surface area contributed by atoms with E-state index in [1.165, 1.54) is 6.20 Å². The Bertz CT molecular complexity index is 434. The number of aromatic hydroxyl groups is 1. The van der Waals surface area contributed by atoms with E-state index in [0.29, 0.717) is 25.3 Å². The minimum absolute atomic E-state index is 0.123. The Hall–Kier alpha value is -1.72. The van der Waals surface area contributed by atoms with Gasteiger partial charge in [-0.15, -0.1) is 0 Å². The number of hydrogen-bond acceptors (Lipinski definition) is 4. The summed E-state index contributed by atoms with van der Waals surface area (Å²) in [6.07, 6.45) is 1.04. The topological polar surface area (TPSA) is 67.6 Å². The second kappa shape index (κ2) is 3.94. The van der Waals surface area contributed by atoms with Crippen LogP contribution in [0.2, 0.25) is 0 Å². The van der Waals surface area contributed by atoms with Crippen LogP contribution in [0.5, 0.6) is 5.75 Å². The maximum atomic E-state index is 11.8. The summed E-state index contributed by atoms with van der Waals surface area (Å²) in [5, 5.41) is 13.6. The van der Waals surface area contributed by atoms with Crippen LogP contribution in [-0.4, -0.2) is 38.0 Å². The van der Waals surface area contributed by atoms with Crippen LogP contribution in [0.4, 0.5) is 4.79 Å². The largest absolute Gasteiger partial charge is 0.504 e. The van der Waals surface area contributed by atoms with E-state index in [-0.39, 0.29) is 11.8 Å². The lowest BCUT2D eigenvalue weighted by Crippen LogP contribution is -2.41. The van der Waals surface area contributed by atoms with Crippen molar-refractivity contribution < 1.29 is 14.6 Å². The fraction of sp³-hybridized carbons (Fsp3) is 0.636. The molecule has 0 saturated heterocycles. The van der Waals surface area contributed by atoms with Gasteiger partial charge in [0.2, 0.25) is 0 Å². The number of rotatable bonds is 0. The Kier molecular flexibility index (Phi) is 2.73. The average Bonchev–Trinajstić information content (AvgIpc) is 2.57. The molecule has 0 unspecified atom stereocenters. The molecule has 0 spiro atoms. The van der Waals surface area contributed by atoms with Crippen LogP contribution in [-0.2, 0) is 17.8 Å². The van der Waals surface area contributed by atoms with Gasteiger partial charge in [-0.2, -0.15) is 5.10 Å². The van der Waals surface area contributed by atoms with Gasteiger partial charge in [0.05, 0.1) is 25.0 Å². The van der Waals surface area contributed by atoms with Crippen molar-refractivity contribution in [3.63, 3.8) is 0 Å². The van der Waals surface area contributed by atoms with Crippen LogP contribution < -0.4 is 0 Å². The second-order valence-electron chi connectivity index (χ2n) is 5.10. The zero-order chi connectivity index (χ0) is 12.6. The SMILES string of the molecule is CC(C)(C)OC(=O)N1CCn2ncc(O)c2C1. The quantitative estimate of drug-likeness (QED) is 0.741. The van der Waals surface area contributed by atoms with Gasteiger partial charge in [0.25, 0.3) is 0 Å². The molecule has 1 aromatic heterocycles. The maximum absolute atomic E-state index is 11.8. The maximum Gasteiger partial charge on any atom is 0.410 e. The number of ether oxygens (including phenoxy) is 1. The molecule has 1 amide bonds. The van der Waals surface area contributed by atoms with Crippen LogP contribution in [0.1, 0.15) is 26.5 Å². The molecular formula is C11H17N3O3. The summed E-state index contributed by atoms with van der Waals surface area (Å²) in [6.45, 7) is 6.95. The van der Waals surface area contributed by atoms with Crippen molar-refractivity contribution in [2.75, 3.05) is 6.54 Å². The van der Waals surface area contributed by atoms with E-state index in [2.05, 4.69) is 5.10 Å². The fourth-order valence-electron chi connectivity index (χ4n) is 1.71. The number of amides is 1. The van der Waals surface area contributed by atoms with E-state index >= 15 is 0 Å². The summed E-state index contributed by atoms with van der Waals surface area (Å²) in [4.78, 5) is 13.4. The monoisotopic (exact) mass is 239 g/mol. The van der Waals surface area contributed by atoms with Crippen LogP contribution >= 0.6 is 0 Å². The summed E-state index contributed by atoms with van der Waals surface area (Å²) in [5.41, 5.74) is 0.152. The first-order valence-corrected chi connectivity index (χ1v) is 5.58. The highest BCUT2D eigenvalue weighted by Gasteiger charge is 2.27. The van der Waals surface area contributed by atoms with Crippen molar-refractivity contribution in [3.05, 3.63) is 11.9 Å². The van der Waals surface area contributed by atoms with Gasteiger partial charge in [0.15, 0.2) is 5.75 Å². The van der Waals surface area contributed by atoms with Crippen LogP contribution in [0.25, 0.3) is 0 Å². The summed E-state index contributed by atoms with van der Waals surface area (Å²) in [7, 11) is 0. The molecule has 6 heteroatoms. The van der Waals surface area contributed by atoms with E-state index in [9.17, 15) is 9.90 Å². The van der Waals surface area contributed by atoms with E-state index in [1.54, 1.807) is 9.58 Å². The van der Waals surface area contributed by atoms with E-state index in [4.69, 9.17) is 4.74 Å². The average molecular weight is 239 g/mol. The minimum atomic E-state index is -0.503. The third-order valence-corrected chi connectivity index (χ3v) is 2.50. The number of fused-ring (bicyclic) bond motifs is 1. The molecule has 0 aliphatic carbocycles. The number of carbonyl (C=O) groups is 1. The van der Waals surface area contributed by atoms with Crippen molar-refractivity contribution in [1.29, 1.82) is 0 Å². The molecule has 17 heavy (non-hydrogen) atoms. The fourth-order valence-corrected chi connectivity index (χ4v) is 1.71. The molecule has 1 aliphatic heterocycles. The standard InChI is InChI=1S/C11H17N3O3/c1-11(2,3)17-10(16)13-4-5-14-8(7-13)9(15)6-12-14/h6,15H,4-5,7H2,1-3H3. The van der Waals surface area contributed by atoms with Gasteiger partial charge in [-0.05, 0) is 20.8 Å². The number of nitrogens with zero attached hydrogens (tertiary/aromatic N) is 3. The zero-order valence-corrected chi connectivity index (χ0v) is 10.3. The first-order chi connectivity index (χ1) is 7.87. The van der Waals surface area contributed by atoms with Gasteiger partial charge in [-0.3, -0.25) is 4.68 Å². The zero-order valence-electron chi connectivity index (χ0n) is 10.3. The highest BCUT2D eigenvalue weighted by atomic mass is 16.6. The number of aromatic nitrogens is 2. The van der Waals surface area contributed by atoms with Gasteiger partial charge in [0.1, 0.15) is 5.60 Å². The molecule has 94 valence electrons. The highest BCUT2D eigenvalue weighted by molar-refractivity contribution is 5.68. The van der Waals surface area contributed by atoms with Crippen LogP contribution in [0.3, 0.4) is 0 Å². The minimum Gasteiger partial charge on any atom is -0.504 e. The van der Waals surface area contributed by atoms with E-state index in [1.807, 2.05) is 20.8 Å². The third kappa shape index (κ3) is 2.51. The summed E-state index contributed by atoms with van der Waals surface area (Å²) in [6, 6.07) is 0. The molecular weight excluding hydrogens is 222 g/mol. The van der Waals surface area contributed by atoms with E-state index < -0.39 is 5.60 Å². The molecule has 2 rings (SSSR count). The Morgan fingerprint density at radius 2 is 2.18 bits per heavy atom. The predicted octanol–water partition coefficient (Wildman–Crippen LogP) is 1.34. The van der Waals surface area contributed by atoms with Crippen molar-refractivity contribution in [2.24, 2.45) is 0 Å². The van der Waals surface area contributed by atoms with Crippen molar-refractivity contribution in [2.45, 2.75) is 39.5 Å². The Morgan fingerprint density at radius 3 is 2.82 bits per heavy atom. The normalized spacial score (nSPS) is 15.6. The smallest absolute Gasteiger partial charge is 0.410 e. The molecule has 0 saturated carbocycles. The predicted molar refractivity (Wildman–Crippen MR) is 60.5 cm³/mol. The molecule has 0 atom stereocenters. The summed E-state index contributed by atoms with van der Waals surface area (Å²) < 4.78 is 6.99. The van der Waals surface area contributed by atoms with Gasteiger partial charge in [0, 0.05) is 6.54 Å². The third-order valence-electron chi connectivity index (χ3n) is 2.50. The molecule has 0 aromatic carbocycles. The summed E-state index contributed by atoms with van der Waals surface area (Å²) >= 11 is 0. The van der Waals surface area contributed by atoms with Gasteiger partial charge >= 0.3 is 6.09 Å². The van der Waals surface area contributed by atoms with Gasteiger partial charge < -0.3 is 14.7 Å². The van der Waals surface area contributed by atoms with Crippen LogP contribution in [0.15, 0.2) is 6.20 Å². The molecule has 0 radical (unpaired) electrons. The molecule has 2 heterocycles. The number of hydrogen-bond donors (Lipinski definition) is 1. The number of carbonyl (C=O) groups excluding carboxylic acids is 1. The Balaban J connectivity index is 2.07. The lowest BCUT2D eigenvalue weighted by atomic mass is 10.2. The van der Waals surface area contributed by atoms with Crippen molar-refractivity contribution in [1.82, 2.24) is 14.7 Å². The molecule has 1 aromatic rings. The second-order valence-corrected chi connectivity index (χ2v) is 5.10. The Morgan fingerprint density at radius 1 is 1.47 bits per heavy atom. The van der Waals surface area contributed by atoms with E-state index in [0.717, 1.165) is 0 Å².